The van der Waals surface area contributed by atoms with Gasteiger partial charge in [0.2, 0.25) is 5.13 Å². The molecule has 0 amide bonds. The molecule has 0 fully saturated rings. The van der Waals surface area contributed by atoms with Gasteiger partial charge in [-0.25, -0.2) is 4.98 Å². The van der Waals surface area contributed by atoms with E-state index < -0.39 is 0 Å². The summed E-state index contributed by atoms with van der Waals surface area (Å²) in [6, 6.07) is 9.73. The highest BCUT2D eigenvalue weighted by molar-refractivity contribution is 8.01. The number of fused-ring (bicyclic) bond motifs is 1. The van der Waals surface area contributed by atoms with Gasteiger partial charge in [-0.05, 0) is 18.6 Å². The van der Waals surface area contributed by atoms with E-state index in [1.165, 1.54) is 34.4 Å². The number of aliphatic hydroxyl groups excluding tert-OH is 1. The second-order valence-electron chi connectivity index (χ2n) is 5.01. The van der Waals surface area contributed by atoms with Crippen LogP contribution < -0.4 is 5.32 Å². The largest absolute Gasteiger partial charge is 0.510 e. The summed E-state index contributed by atoms with van der Waals surface area (Å²) in [6.07, 6.45) is 1.01. The van der Waals surface area contributed by atoms with Crippen LogP contribution in [-0.2, 0) is 0 Å². The standard InChI is InChI=1S/C16H15N5OS3/c1-2-7-18-15-20-21-16(25-15)23-9-12(22)10(8-17)14-19-11-5-3-4-6-13(11)24-14/h3-6,22H,2,7,9H2,1H3,(H,18,20)/b12-10-. The Morgan fingerprint density at radius 3 is 2.92 bits per heavy atom. The van der Waals surface area contributed by atoms with Crippen molar-refractivity contribution in [2.75, 3.05) is 17.6 Å². The van der Waals surface area contributed by atoms with Crippen molar-refractivity contribution in [1.29, 1.82) is 5.26 Å². The van der Waals surface area contributed by atoms with Crippen LogP contribution in [0.1, 0.15) is 18.4 Å². The third kappa shape index (κ3) is 4.28. The molecule has 9 heteroatoms. The molecule has 0 aliphatic heterocycles. The van der Waals surface area contributed by atoms with Gasteiger partial charge in [-0.15, -0.1) is 21.5 Å². The smallest absolute Gasteiger partial charge is 0.206 e. The van der Waals surface area contributed by atoms with E-state index in [9.17, 15) is 10.4 Å². The van der Waals surface area contributed by atoms with Crippen molar-refractivity contribution in [3.8, 4) is 6.07 Å². The third-order valence-electron chi connectivity index (χ3n) is 3.17. The lowest BCUT2D eigenvalue weighted by Crippen LogP contribution is -1.98. The van der Waals surface area contributed by atoms with E-state index in [0.717, 1.165) is 32.7 Å². The molecule has 0 radical (unpaired) electrons. The zero-order valence-electron chi connectivity index (χ0n) is 13.4. The van der Waals surface area contributed by atoms with Crippen LogP contribution >= 0.6 is 34.4 Å². The molecule has 2 heterocycles. The summed E-state index contributed by atoms with van der Waals surface area (Å²) >= 11 is 4.18. The first-order valence-electron chi connectivity index (χ1n) is 7.59. The molecule has 0 bridgehead atoms. The fraction of sp³-hybridized carbons (Fsp3) is 0.250. The van der Waals surface area contributed by atoms with E-state index in [4.69, 9.17) is 0 Å². The number of aliphatic hydroxyl groups is 1. The molecule has 25 heavy (non-hydrogen) atoms. The zero-order valence-corrected chi connectivity index (χ0v) is 15.8. The Bertz CT molecular complexity index is 908. The second-order valence-corrected chi connectivity index (χ2v) is 8.24. The molecule has 3 aromatic rings. The number of thioether (sulfide) groups is 1. The molecule has 2 aromatic heterocycles. The molecule has 0 aliphatic rings. The van der Waals surface area contributed by atoms with Gasteiger partial charge < -0.3 is 10.4 Å². The van der Waals surface area contributed by atoms with Gasteiger partial charge >= 0.3 is 0 Å². The first-order chi connectivity index (χ1) is 12.2. The highest BCUT2D eigenvalue weighted by atomic mass is 32.2. The Morgan fingerprint density at radius 2 is 2.16 bits per heavy atom. The Morgan fingerprint density at radius 1 is 1.32 bits per heavy atom. The van der Waals surface area contributed by atoms with Crippen molar-refractivity contribution in [2.45, 2.75) is 17.7 Å². The quantitative estimate of drug-likeness (QED) is 0.347. The predicted octanol–water partition coefficient (Wildman–Crippen LogP) is 4.55. The number of rotatable bonds is 7. The molecule has 0 saturated heterocycles. The van der Waals surface area contributed by atoms with Crippen LogP contribution in [0, 0.1) is 11.3 Å². The van der Waals surface area contributed by atoms with Gasteiger partial charge in [0, 0.05) is 6.54 Å². The number of anilines is 1. The molecule has 0 atom stereocenters. The van der Waals surface area contributed by atoms with Crippen molar-refractivity contribution in [3.05, 3.63) is 35.0 Å². The summed E-state index contributed by atoms with van der Waals surface area (Å²) in [4.78, 5) is 4.43. The van der Waals surface area contributed by atoms with E-state index in [1.54, 1.807) is 0 Å². The van der Waals surface area contributed by atoms with Gasteiger partial charge in [-0.1, -0.05) is 42.2 Å². The normalized spacial score (nSPS) is 12.0. The number of nitrogens with zero attached hydrogens (tertiary/aromatic N) is 4. The Hall–Kier alpha value is -2.15. The number of hydrogen-bond acceptors (Lipinski definition) is 9. The summed E-state index contributed by atoms with van der Waals surface area (Å²) in [5.41, 5.74) is 1.04. The van der Waals surface area contributed by atoms with E-state index in [-0.39, 0.29) is 17.1 Å². The van der Waals surface area contributed by atoms with Crippen LogP contribution in [0.3, 0.4) is 0 Å². The molecular weight excluding hydrogens is 374 g/mol. The Labute approximate surface area is 157 Å². The maximum atomic E-state index is 10.3. The highest BCUT2D eigenvalue weighted by Crippen LogP contribution is 2.31. The molecule has 3 rings (SSSR count). The lowest BCUT2D eigenvalue weighted by Gasteiger charge is -2.00. The second kappa shape index (κ2) is 8.29. The minimum absolute atomic E-state index is 0.00447. The number of benzene rings is 1. The molecular formula is C16H15N5OS3. The molecule has 0 unspecified atom stereocenters. The first-order valence-corrected chi connectivity index (χ1v) is 10.2. The SMILES string of the molecule is CCCNc1nnc(SC/C(O)=C(\C#N)c2nc3ccccc3s2)s1. The summed E-state index contributed by atoms with van der Waals surface area (Å²) in [7, 11) is 0. The minimum atomic E-state index is 0.00447. The minimum Gasteiger partial charge on any atom is -0.510 e. The maximum absolute atomic E-state index is 10.3. The van der Waals surface area contributed by atoms with E-state index in [0.29, 0.717) is 5.01 Å². The monoisotopic (exact) mass is 389 g/mol. The van der Waals surface area contributed by atoms with E-state index in [2.05, 4.69) is 33.5 Å². The average Bonchev–Trinajstić information content (AvgIpc) is 3.25. The Kier molecular flexibility index (Phi) is 5.86. The summed E-state index contributed by atoms with van der Waals surface area (Å²) < 4.78 is 1.73. The molecule has 2 N–H and O–H groups in total. The number of nitriles is 1. The van der Waals surface area contributed by atoms with Gasteiger partial charge in [-0.3, -0.25) is 0 Å². The zero-order chi connectivity index (χ0) is 17.6. The number of nitrogens with one attached hydrogen (secondary N) is 1. The Balaban J connectivity index is 1.73. The topological polar surface area (TPSA) is 94.7 Å². The van der Waals surface area contributed by atoms with Crippen molar-refractivity contribution < 1.29 is 5.11 Å². The van der Waals surface area contributed by atoms with Crippen molar-refractivity contribution in [1.82, 2.24) is 15.2 Å². The van der Waals surface area contributed by atoms with Gasteiger partial charge in [0.15, 0.2) is 4.34 Å². The van der Waals surface area contributed by atoms with E-state index in [1.807, 2.05) is 24.3 Å². The molecule has 6 nitrogen and oxygen atoms in total. The van der Waals surface area contributed by atoms with Crippen LogP contribution in [0.4, 0.5) is 5.13 Å². The van der Waals surface area contributed by atoms with Crippen molar-refractivity contribution in [3.63, 3.8) is 0 Å². The number of thiazole rings is 1. The number of aromatic nitrogens is 3. The van der Waals surface area contributed by atoms with Crippen LogP contribution in [0.2, 0.25) is 0 Å². The summed E-state index contributed by atoms with van der Waals surface area (Å²) in [6.45, 7) is 2.93. The first kappa shape index (κ1) is 17.7. The van der Waals surface area contributed by atoms with Crippen LogP contribution in [-0.4, -0.2) is 32.6 Å². The van der Waals surface area contributed by atoms with Crippen molar-refractivity contribution >= 4 is 55.4 Å². The molecule has 1 aromatic carbocycles. The molecule has 128 valence electrons. The molecule has 0 aliphatic carbocycles. The van der Waals surface area contributed by atoms with Gasteiger partial charge in [-0.2, -0.15) is 5.26 Å². The van der Waals surface area contributed by atoms with Crippen LogP contribution in [0.15, 0.2) is 34.4 Å². The summed E-state index contributed by atoms with van der Waals surface area (Å²) in [5, 5.41) is 32.4. The lowest BCUT2D eigenvalue weighted by molar-refractivity contribution is 0.421. The fourth-order valence-electron chi connectivity index (χ4n) is 1.99. The fourth-order valence-corrected chi connectivity index (χ4v) is 4.63. The highest BCUT2D eigenvalue weighted by Gasteiger charge is 2.15. The van der Waals surface area contributed by atoms with Gasteiger partial charge in [0.25, 0.3) is 0 Å². The van der Waals surface area contributed by atoms with Crippen LogP contribution in [0.25, 0.3) is 15.8 Å². The van der Waals surface area contributed by atoms with Gasteiger partial charge in [0.1, 0.15) is 22.4 Å². The van der Waals surface area contributed by atoms with Crippen molar-refractivity contribution in [2.24, 2.45) is 0 Å². The number of para-hydroxylation sites is 1. The van der Waals surface area contributed by atoms with E-state index >= 15 is 0 Å². The van der Waals surface area contributed by atoms with Crippen LogP contribution in [0.5, 0.6) is 0 Å². The summed E-state index contributed by atoms with van der Waals surface area (Å²) in [5.74, 6) is 0.256. The molecule has 0 spiro atoms. The van der Waals surface area contributed by atoms with Gasteiger partial charge in [0.05, 0.1) is 16.0 Å². The molecule has 0 saturated carbocycles. The third-order valence-corrected chi connectivity index (χ3v) is 6.25. The maximum Gasteiger partial charge on any atom is 0.206 e. The average molecular weight is 390 g/mol. The number of allylic oxidation sites excluding steroid dienone is 1. The predicted molar refractivity (Wildman–Crippen MR) is 104 cm³/mol. The number of hydrogen-bond donors (Lipinski definition) is 2. The lowest BCUT2D eigenvalue weighted by atomic mass is 10.2.